The molecular formula is C12H18N2O2. The SMILES string of the molecule is COc1ccc(NCC2CNC2)c(OC)c1. The molecule has 1 fully saturated rings. The van der Waals surface area contributed by atoms with Crippen LogP contribution in [0.4, 0.5) is 5.69 Å². The number of hydrogen-bond acceptors (Lipinski definition) is 4. The smallest absolute Gasteiger partial charge is 0.145 e. The Morgan fingerprint density at radius 1 is 1.31 bits per heavy atom. The van der Waals surface area contributed by atoms with Gasteiger partial charge in [-0.3, -0.25) is 0 Å². The van der Waals surface area contributed by atoms with Gasteiger partial charge in [-0.15, -0.1) is 0 Å². The first-order valence-electron chi connectivity index (χ1n) is 5.50. The van der Waals surface area contributed by atoms with Crippen LogP contribution in [0, 0.1) is 5.92 Å². The van der Waals surface area contributed by atoms with Crippen molar-refractivity contribution in [3.63, 3.8) is 0 Å². The first-order valence-corrected chi connectivity index (χ1v) is 5.50. The summed E-state index contributed by atoms with van der Waals surface area (Å²) in [7, 11) is 3.33. The Bertz CT molecular complexity index is 351. The summed E-state index contributed by atoms with van der Waals surface area (Å²) in [6.45, 7) is 3.19. The zero-order chi connectivity index (χ0) is 11.4. The fourth-order valence-corrected chi connectivity index (χ4v) is 1.69. The van der Waals surface area contributed by atoms with Crippen molar-refractivity contribution in [2.24, 2.45) is 5.92 Å². The third-order valence-corrected chi connectivity index (χ3v) is 2.86. The van der Waals surface area contributed by atoms with Crippen molar-refractivity contribution in [3.05, 3.63) is 18.2 Å². The molecule has 16 heavy (non-hydrogen) atoms. The molecule has 4 nitrogen and oxygen atoms in total. The molecule has 0 spiro atoms. The van der Waals surface area contributed by atoms with Crippen LogP contribution >= 0.6 is 0 Å². The van der Waals surface area contributed by atoms with Crippen LogP contribution in [0.5, 0.6) is 11.5 Å². The highest BCUT2D eigenvalue weighted by Crippen LogP contribution is 2.29. The van der Waals surface area contributed by atoms with E-state index in [1.54, 1.807) is 14.2 Å². The number of ether oxygens (including phenoxy) is 2. The number of anilines is 1. The molecule has 4 heteroatoms. The molecule has 0 saturated carbocycles. The van der Waals surface area contributed by atoms with E-state index in [1.165, 1.54) is 0 Å². The van der Waals surface area contributed by atoms with Gasteiger partial charge in [-0.1, -0.05) is 0 Å². The summed E-state index contributed by atoms with van der Waals surface area (Å²) in [6, 6.07) is 5.81. The van der Waals surface area contributed by atoms with Crippen molar-refractivity contribution in [1.82, 2.24) is 5.32 Å². The van der Waals surface area contributed by atoms with Crippen LogP contribution in [-0.4, -0.2) is 33.9 Å². The van der Waals surface area contributed by atoms with Gasteiger partial charge in [0, 0.05) is 31.6 Å². The third kappa shape index (κ3) is 2.39. The molecule has 88 valence electrons. The summed E-state index contributed by atoms with van der Waals surface area (Å²) >= 11 is 0. The average Bonchev–Trinajstić information content (AvgIpc) is 2.27. The maximum Gasteiger partial charge on any atom is 0.145 e. The Hall–Kier alpha value is -1.42. The Morgan fingerprint density at radius 2 is 2.12 bits per heavy atom. The first-order chi connectivity index (χ1) is 7.83. The standard InChI is InChI=1S/C12H18N2O2/c1-15-10-3-4-11(12(5-10)16-2)14-8-9-6-13-7-9/h3-5,9,13-14H,6-8H2,1-2H3. The lowest BCUT2D eigenvalue weighted by Crippen LogP contribution is -2.45. The first kappa shape index (κ1) is 11.1. The molecular weight excluding hydrogens is 204 g/mol. The number of hydrogen-bond donors (Lipinski definition) is 2. The molecule has 1 aliphatic heterocycles. The second kappa shape index (κ2) is 5.07. The largest absolute Gasteiger partial charge is 0.497 e. The molecule has 0 unspecified atom stereocenters. The van der Waals surface area contributed by atoms with Gasteiger partial charge < -0.3 is 20.1 Å². The lowest BCUT2D eigenvalue weighted by atomic mass is 10.0. The van der Waals surface area contributed by atoms with Crippen molar-refractivity contribution in [3.8, 4) is 11.5 Å². The van der Waals surface area contributed by atoms with Crippen LogP contribution in [0.3, 0.4) is 0 Å². The molecule has 2 N–H and O–H groups in total. The topological polar surface area (TPSA) is 42.5 Å². The quantitative estimate of drug-likeness (QED) is 0.789. The Balaban J connectivity index is 2.00. The lowest BCUT2D eigenvalue weighted by Gasteiger charge is -2.27. The van der Waals surface area contributed by atoms with Gasteiger partial charge in [0.2, 0.25) is 0 Å². The van der Waals surface area contributed by atoms with Gasteiger partial charge in [0.05, 0.1) is 19.9 Å². The van der Waals surface area contributed by atoms with E-state index in [9.17, 15) is 0 Å². The zero-order valence-corrected chi connectivity index (χ0v) is 9.75. The fourth-order valence-electron chi connectivity index (χ4n) is 1.69. The summed E-state index contributed by atoms with van der Waals surface area (Å²) < 4.78 is 10.5. The van der Waals surface area contributed by atoms with Gasteiger partial charge in [-0.05, 0) is 12.1 Å². The summed E-state index contributed by atoms with van der Waals surface area (Å²) in [6.07, 6.45) is 0. The molecule has 0 aliphatic carbocycles. The molecule has 2 rings (SSSR count). The minimum Gasteiger partial charge on any atom is -0.497 e. The molecule has 0 radical (unpaired) electrons. The van der Waals surface area contributed by atoms with Gasteiger partial charge in [0.25, 0.3) is 0 Å². The van der Waals surface area contributed by atoms with E-state index >= 15 is 0 Å². The molecule has 0 aromatic heterocycles. The van der Waals surface area contributed by atoms with Crippen LogP contribution in [0.1, 0.15) is 0 Å². The van der Waals surface area contributed by atoms with Gasteiger partial charge >= 0.3 is 0 Å². The summed E-state index contributed by atoms with van der Waals surface area (Å²) in [5, 5.41) is 6.65. The zero-order valence-electron chi connectivity index (χ0n) is 9.75. The monoisotopic (exact) mass is 222 g/mol. The second-order valence-corrected chi connectivity index (χ2v) is 3.97. The summed E-state index contributed by atoms with van der Waals surface area (Å²) in [5.41, 5.74) is 1.02. The van der Waals surface area contributed by atoms with E-state index in [4.69, 9.17) is 9.47 Å². The van der Waals surface area contributed by atoms with Crippen molar-refractivity contribution < 1.29 is 9.47 Å². The van der Waals surface area contributed by atoms with E-state index in [1.807, 2.05) is 18.2 Å². The predicted octanol–water partition coefficient (Wildman–Crippen LogP) is 1.34. The van der Waals surface area contributed by atoms with Crippen LogP contribution in [-0.2, 0) is 0 Å². The van der Waals surface area contributed by atoms with Gasteiger partial charge in [-0.25, -0.2) is 0 Å². The minimum absolute atomic E-state index is 0.729. The number of nitrogens with one attached hydrogen (secondary N) is 2. The fraction of sp³-hybridized carbons (Fsp3) is 0.500. The van der Waals surface area contributed by atoms with Crippen LogP contribution in [0.2, 0.25) is 0 Å². The highest BCUT2D eigenvalue weighted by atomic mass is 16.5. The number of methoxy groups -OCH3 is 2. The summed E-state index contributed by atoms with van der Waals surface area (Å²) in [5.74, 6) is 2.37. The summed E-state index contributed by atoms with van der Waals surface area (Å²) in [4.78, 5) is 0. The highest BCUT2D eigenvalue weighted by Gasteiger charge is 2.16. The van der Waals surface area contributed by atoms with Gasteiger partial charge in [-0.2, -0.15) is 0 Å². The molecule has 1 aliphatic rings. The molecule has 0 bridgehead atoms. The molecule has 1 aromatic carbocycles. The maximum atomic E-state index is 5.31. The second-order valence-electron chi connectivity index (χ2n) is 3.97. The van der Waals surface area contributed by atoms with Gasteiger partial charge in [0.1, 0.15) is 11.5 Å². The average molecular weight is 222 g/mol. The van der Waals surface area contributed by atoms with Gasteiger partial charge in [0.15, 0.2) is 0 Å². The number of benzene rings is 1. The van der Waals surface area contributed by atoms with E-state index in [0.717, 1.165) is 42.7 Å². The Kier molecular flexibility index (Phi) is 3.51. The van der Waals surface area contributed by atoms with Crippen molar-refractivity contribution in [1.29, 1.82) is 0 Å². The molecule has 0 atom stereocenters. The van der Waals surface area contributed by atoms with Crippen LogP contribution in [0.25, 0.3) is 0 Å². The third-order valence-electron chi connectivity index (χ3n) is 2.86. The van der Waals surface area contributed by atoms with Crippen molar-refractivity contribution in [2.45, 2.75) is 0 Å². The van der Waals surface area contributed by atoms with Crippen LogP contribution < -0.4 is 20.1 Å². The lowest BCUT2D eigenvalue weighted by molar-refractivity contribution is 0.364. The van der Waals surface area contributed by atoms with E-state index in [0.29, 0.717) is 0 Å². The highest BCUT2D eigenvalue weighted by molar-refractivity contribution is 5.59. The molecule has 1 saturated heterocycles. The number of rotatable bonds is 5. The normalized spacial score (nSPS) is 15.4. The van der Waals surface area contributed by atoms with E-state index in [2.05, 4.69) is 10.6 Å². The van der Waals surface area contributed by atoms with Crippen molar-refractivity contribution >= 4 is 5.69 Å². The minimum atomic E-state index is 0.729. The van der Waals surface area contributed by atoms with Crippen molar-refractivity contribution in [2.75, 3.05) is 39.2 Å². The Labute approximate surface area is 95.9 Å². The van der Waals surface area contributed by atoms with Crippen LogP contribution in [0.15, 0.2) is 18.2 Å². The molecule has 1 heterocycles. The predicted molar refractivity (Wildman–Crippen MR) is 64.4 cm³/mol. The molecule has 0 amide bonds. The van der Waals surface area contributed by atoms with E-state index < -0.39 is 0 Å². The Morgan fingerprint density at radius 3 is 2.69 bits per heavy atom. The molecule has 1 aromatic rings. The van der Waals surface area contributed by atoms with E-state index in [-0.39, 0.29) is 0 Å². The maximum absolute atomic E-state index is 5.31.